The summed E-state index contributed by atoms with van der Waals surface area (Å²) in [6.07, 6.45) is 3.80. The van der Waals surface area contributed by atoms with Gasteiger partial charge in [0.25, 0.3) is 0 Å². The number of hydrogen-bond acceptors (Lipinski definition) is 3. The molecule has 0 amide bonds. The summed E-state index contributed by atoms with van der Waals surface area (Å²) in [4.78, 5) is 0.0530. The van der Waals surface area contributed by atoms with Crippen LogP contribution in [0.1, 0.15) is 32.6 Å². The Kier molecular flexibility index (Phi) is 3.58. The van der Waals surface area contributed by atoms with E-state index < -0.39 is 10.0 Å². The highest BCUT2D eigenvalue weighted by atomic mass is 35.5. The summed E-state index contributed by atoms with van der Waals surface area (Å²) in [6.45, 7) is 1.93. The van der Waals surface area contributed by atoms with Crippen LogP contribution in [0.3, 0.4) is 0 Å². The normalized spacial score (nSPS) is 19.0. The van der Waals surface area contributed by atoms with Gasteiger partial charge in [-0.05, 0) is 38.0 Å². The monoisotopic (exact) mass is 288 g/mol. The summed E-state index contributed by atoms with van der Waals surface area (Å²) in [7, 11) is -3.62. The van der Waals surface area contributed by atoms with Crippen molar-refractivity contribution < 1.29 is 8.42 Å². The van der Waals surface area contributed by atoms with Crippen LogP contribution in [0.4, 0.5) is 5.69 Å². The molecule has 1 fully saturated rings. The van der Waals surface area contributed by atoms with Crippen molar-refractivity contribution in [2.24, 2.45) is 0 Å². The van der Waals surface area contributed by atoms with E-state index in [0.717, 1.165) is 25.7 Å². The predicted octanol–water partition coefficient (Wildman–Crippen LogP) is 2.53. The molecular weight excluding hydrogens is 272 g/mol. The number of nitrogens with two attached hydrogens (primary N) is 1. The Labute approximate surface area is 113 Å². The molecule has 18 heavy (non-hydrogen) atoms. The fourth-order valence-corrected chi connectivity index (χ4v) is 4.36. The van der Waals surface area contributed by atoms with Crippen molar-refractivity contribution in [3.63, 3.8) is 0 Å². The van der Waals surface area contributed by atoms with E-state index in [-0.39, 0.29) is 15.5 Å². The molecule has 6 heteroatoms. The lowest BCUT2D eigenvalue weighted by molar-refractivity contribution is 0.427. The molecule has 1 aliphatic rings. The molecule has 1 aromatic carbocycles. The van der Waals surface area contributed by atoms with Gasteiger partial charge in [-0.25, -0.2) is 13.1 Å². The molecule has 0 bridgehead atoms. The van der Waals surface area contributed by atoms with Gasteiger partial charge in [-0.15, -0.1) is 0 Å². The van der Waals surface area contributed by atoms with Gasteiger partial charge in [-0.3, -0.25) is 0 Å². The molecule has 1 aliphatic carbocycles. The van der Waals surface area contributed by atoms with Gasteiger partial charge >= 0.3 is 0 Å². The summed E-state index contributed by atoms with van der Waals surface area (Å²) < 4.78 is 27.4. The highest BCUT2D eigenvalue weighted by molar-refractivity contribution is 7.89. The average molecular weight is 289 g/mol. The predicted molar refractivity (Wildman–Crippen MR) is 73.1 cm³/mol. The molecule has 0 heterocycles. The van der Waals surface area contributed by atoms with Crippen LogP contribution in [0.2, 0.25) is 5.02 Å². The van der Waals surface area contributed by atoms with Crippen LogP contribution in [0.15, 0.2) is 23.1 Å². The van der Waals surface area contributed by atoms with Gasteiger partial charge in [0.1, 0.15) is 4.90 Å². The molecule has 3 N–H and O–H groups in total. The van der Waals surface area contributed by atoms with Gasteiger partial charge in [0.15, 0.2) is 0 Å². The average Bonchev–Trinajstić information content (AvgIpc) is 2.67. The molecule has 0 radical (unpaired) electrons. The van der Waals surface area contributed by atoms with Crippen molar-refractivity contribution in [3.8, 4) is 0 Å². The first-order valence-electron chi connectivity index (χ1n) is 5.91. The second kappa shape index (κ2) is 4.72. The molecule has 0 spiro atoms. The first-order chi connectivity index (χ1) is 8.32. The van der Waals surface area contributed by atoms with E-state index in [1.54, 1.807) is 6.07 Å². The molecular formula is C12H17ClN2O2S. The summed E-state index contributed by atoms with van der Waals surface area (Å²) >= 11 is 5.94. The van der Waals surface area contributed by atoms with E-state index in [2.05, 4.69) is 4.72 Å². The van der Waals surface area contributed by atoms with Crippen molar-refractivity contribution >= 4 is 27.3 Å². The van der Waals surface area contributed by atoms with E-state index in [1.165, 1.54) is 12.1 Å². The second-order valence-electron chi connectivity index (χ2n) is 5.06. The lowest BCUT2D eigenvalue weighted by Crippen LogP contribution is -2.43. The molecule has 100 valence electrons. The van der Waals surface area contributed by atoms with Gasteiger partial charge in [0, 0.05) is 11.2 Å². The van der Waals surface area contributed by atoms with Crippen LogP contribution in [0.25, 0.3) is 0 Å². The molecule has 1 saturated carbocycles. The highest BCUT2D eigenvalue weighted by Gasteiger charge is 2.34. The summed E-state index contributed by atoms with van der Waals surface area (Å²) in [5.74, 6) is 0. The maximum atomic E-state index is 12.3. The molecule has 0 aliphatic heterocycles. The van der Waals surface area contributed by atoms with Crippen LogP contribution in [0, 0.1) is 0 Å². The smallest absolute Gasteiger partial charge is 0.242 e. The van der Waals surface area contributed by atoms with Crippen LogP contribution in [-0.2, 0) is 10.0 Å². The van der Waals surface area contributed by atoms with Crippen molar-refractivity contribution in [2.75, 3.05) is 5.73 Å². The van der Waals surface area contributed by atoms with Crippen LogP contribution >= 0.6 is 11.6 Å². The quantitative estimate of drug-likeness (QED) is 0.840. The molecule has 0 saturated heterocycles. The molecule has 0 unspecified atom stereocenters. The van der Waals surface area contributed by atoms with Gasteiger partial charge in [-0.1, -0.05) is 24.4 Å². The lowest BCUT2D eigenvalue weighted by atomic mass is 10.0. The number of benzene rings is 1. The molecule has 2 rings (SSSR count). The van der Waals surface area contributed by atoms with Crippen molar-refractivity contribution in [1.82, 2.24) is 4.72 Å². The molecule has 1 aromatic rings. The SMILES string of the molecule is CC1(NS(=O)(=O)c2cc(N)ccc2Cl)CCCC1. The van der Waals surface area contributed by atoms with Gasteiger partial charge in [0.05, 0.1) is 5.02 Å². The summed E-state index contributed by atoms with van der Waals surface area (Å²) in [6, 6.07) is 4.48. The number of nitrogen functional groups attached to an aromatic ring is 1. The zero-order chi connectivity index (χ0) is 13.4. The topological polar surface area (TPSA) is 72.2 Å². The molecule has 0 aromatic heterocycles. The number of anilines is 1. The highest BCUT2D eigenvalue weighted by Crippen LogP contribution is 2.32. The van der Waals surface area contributed by atoms with Gasteiger partial charge in [-0.2, -0.15) is 0 Å². The second-order valence-corrected chi connectivity index (χ2v) is 7.12. The van der Waals surface area contributed by atoms with Crippen LogP contribution < -0.4 is 10.5 Å². The number of rotatable bonds is 3. The summed E-state index contributed by atoms with van der Waals surface area (Å²) in [5, 5.41) is 0.193. The maximum absolute atomic E-state index is 12.3. The number of hydrogen-bond donors (Lipinski definition) is 2. The van der Waals surface area contributed by atoms with Crippen molar-refractivity contribution in [2.45, 2.75) is 43.0 Å². The van der Waals surface area contributed by atoms with Gasteiger partial charge in [0.2, 0.25) is 10.0 Å². The number of halogens is 1. The third-order valence-corrected chi connectivity index (χ3v) is 5.45. The minimum absolute atomic E-state index is 0.0530. The Morgan fingerprint density at radius 2 is 1.94 bits per heavy atom. The lowest BCUT2D eigenvalue weighted by Gasteiger charge is -2.25. The minimum atomic E-state index is -3.62. The first-order valence-corrected chi connectivity index (χ1v) is 7.78. The zero-order valence-corrected chi connectivity index (χ0v) is 11.8. The van der Waals surface area contributed by atoms with Crippen molar-refractivity contribution in [1.29, 1.82) is 0 Å². The Hall–Kier alpha value is -0.780. The summed E-state index contributed by atoms with van der Waals surface area (Å²) in [5.41, 5.74) is 5.63. The minimum Gasteiger partial charge on any atom is -0.399 e. The third kappa shape index (κ3) is 2.79. The van der Waals surface area contributed by atoms with Crippen LogP contribution in [-0.4, -0.2) is 14.0 Å². The number of nitrogens with one attached hydrogen (secondary N) is 1. The van der Waals surface area contributed by atoms with Crippen molar-refractivity contribution in [3.05, 3.63) is 23.2 Å². The zero-order valence-electron chi connectivity index (χ0n) is 10.2. The fourth-order valence-electron chi connectivity index (χ4n) is 2.36. The Balaban J connectivity index is 2.33. The van der Waals surface area contributed by atoms with E-state index in [4.69, 9.17) is 17.3 Å². The van der Waals surface area contributed by atoms with E-state index in [9.17, 15) is 8.42 Å². The van der Waals surface area contributed by atoms with E-state index in [1.807, 2.05) is 6.92 Å². The third-order valence-electron chi connectivity index (χ3n) is 3.33. The number of sulfonamides is 1. The Morgan fingerprint density at radius 1 is 1.33 bits per heavy atom. The van der Waals surface area contributed by atoms with E-state index in [0.29, 0.717) is 5.69 Å². The fraction of sp³-hybridized carbons (Fsp3) is 0.500. The standard InChI is InChI=1S/C12H17ClN2O2S/c1-12(6-2-3-7-12)15-18(16,17)11-8-9(14)4-5-10(11)13/h4-5,8,15H,2-3,6-7,14H2,1H3. The first kappa shape index (κ1) is 13.6. The Morgan fingerprint density at radius 3 is 2.56 bits per heavy atom. The Bertz CT molecular complexity index is 551. The molecule has 0 atom stereocenters. The van der Waals surface area contributed by atoms with Crippen LogP contribution in [0.5, 0.6) is 0 Å². The maximum Gasteiger partial charge on any atom is 0.242 e. The molecule has 4 nitrogen and oxygen atoms in total. The van der Waals surface area contributed by atoms with Gasteiger partial charge < -0.3 is 5.73 Å². The largest absolute Gasteiger partial charge is 0.399 e. The van der Waals surface area contributed by atoms with E-state index >= 15 is 0 Å².